The molecule has 4 heteroatoms. The molecule has 0 amide bonds. The number of nitrogens with one attached hydrogen (secondary N) is 1. The van der Waals surface area contributed by atoms with Crippen LogP contribution in [0.5, 0.6) is 17.2 Å². The second-order valence-corrected chi connectivity index (χ2v) is 5.11. The summed E-state index contributed by atoms with van der Waals surface area (Å²) in [6.45, 7) is 1.41. The first-order valence-corrected chi connectivity index (χ1v) is 6.25. The van der Waals surface area contributed by atoms with Gasteiger partial charge in [0.25, 0.3) is 0 Å². The fourth-order valence-electron chi connectivity index (χ4n) is 2.84. The van der Waals surface area contributed by atoms with Gasteiger partial charge in [0.05, 0.1) is 0 Å². The molecular formula is C15H13NO3. The molecule has 2 aliphatic rings. The molecule has 0 bridgehead atoms. The standard InChI is InChI=1S/C15H13NO3/c17-9-1-3-11-12-4-2-10(18)6-14(12)19-15(7-16-8-15)13(11)5-9/h1-6,16-18H,7-8H2. The quantitative estimate of drug-likeness (QED) is 0.673. The lowest BCUT2D eigenvalue weighted by Gasteiger charge is -2.46. The van der Waals surface area contributed by atoms with Gasteiger partial charge in [0.15, 0.2) is 5.60 Å². The van der Waals surface area contributed by atoms with E-state index in [2.05, 4.69) is 5.32 Å². The molecule has 2 heterocycles. The molecule has 2 aromatic rings. The van der Waals surface area contributed by atoms with Gasteiger partial charge in [0.2, 0.25) is 0 Å². The van der Waals surface area contributed by atoms with E-state index in [0.29, 0.717) is 18.8 Å². The summed E-state index contributed by atoms with van der Waals surface area (Å²) in [4.78, 5) is 0. The van der Waals surface area contributed by atoms with Crippen LogP contribution in [-0.4, -0.2) is 23.3 Å². The first-order valence-electron chi connectivity index (χ1n) is 6.25. The summed E-state index contributed by atoms with van der Waals surface area (Å²) in [5.74, 6) is 1.14. The number of hydrogen-bond donors (Lipinski definition) is 3. The number of ether oxygens (including phenoxy) is 1. The minimum absolute atomic E-state index is 0.198. The highest BCUT2D eigenvalue weighted by Crippen LogP contribution is 2.48. The van der Waals surface area contributed by atoms with Crippen molar-refractivity contribution in [3.05, 3.63) is 42.0 Å². The van der Waals surface area contributed by atoms with E-state index in [0.717, 1.165) is 16.7 Å². The second-order valence-electron chi connectivity index (χ2n) is 5.11. The topological polar surface area (TPSA) is 61.7 Å². The first kappa shape index (κ1) is 10.7. The minimum Gasteiger partial charge on any atom is -0.508 e. The molecule has 19 heavy (non-hydrogen) atoms. The molecule has 0 unspecified atom stereocenters. The van der Waals surface area contributed by atoms with Crippen molar-refractivity contribution < 1.29 is 14.9 Å². The number of benzene rings is 2. The zero-order valence-electron chi connectivity index (χ0n) is 10.2. The molecule has 96 valence electrons. The van der Waals surface area contributed by atoms with E-state index in [4.69, 9.17) is 4.74 Å². The molecule has 0 aliphatic carbocycles. The van der Waals surface area contributed by atoms with E-state index >= 15 is 0 Å². The fraction of sp³-hybridized carbons (Fsp3) is 0.200. The van der Waals surface area contributed by atoms with Gasteiger partial charge in [0.1, 0.15) is 17.2 Å². The summed E-state index contributed by atoms with van der Waals surface area (Å²) in [7, 11) is 0. The predicted octanol–water partition coefficient (Wildman–Crippen LogP) is 1.96. The summed E-state index contributed by atoms with van der Waals surface area (Å²) >= 11 is 0. The highest BCUT2D eigenvalue weighted by atomic mass is 16.5. The zero-order chi connectivity index (χ0) is 13.0. The highest BCUT2D eigenvalue weighted by Gasteiger charge is 2.46. The Hall–Kier alpha value is -2.20. The lowest BCUT2D eigenvalue weighted by Crippen LogP contribution is -2.61. The average molecular weight is 255 g/mol. The predicted molar refractivity (Wildman–Crippen MR) is 70.4 cm³/mol. The monoisotopic (exact) mass is 255 g/mol. The number of hydrogen-bond acceptors (Lipinski definition) is 4. The Morgan fingerprint density at radius 3 is 2.32 bits per heavy atom. The largest absolute Gasteiger partial charge is 0.508 e. The van der Waals surface area contributed by atoms with Crippen molar-refractivity contribution in [1.29, 1.82) is 0 Å². The van der Waals surface area contributed by atoms with Crippen LogP contribution in [0.15, 0.2) is 36.4 Å². The Morgan fingerprint density at radius 2 is 1.63 bits per heavy atom. The van der Waals surface area contributed by atoms with Crippen molar-refractivity contribution in [2.45, 2.75) is 5.60 Å². The number of fused-ring (bicyclic) bond motifs is 4. The van der Waals surface area contributed by atoms with E-state index in [9.17, 15) is 10.2 Å². The van der Waals surface area contributed by atoms with E-state index < -0.39 is 5.60 Å². The third kappa shape index (κ3) is 1.37. The zero-order valence-corrected chi connectivity index (χ0v) is 10.2. The minimum atomic E-state index is -0.422. The van der Waals surface area contributed by atoms with E-state index in [1.807, 2.05) is 12.1 Å². The van der Waals surface area contributed by atoms with Crippen molar-refractivity contribution in [3.8, 4) is 28.4 Å². The number of phenolic OH excluding ortho intramolecular Hbond substituents is 2. The number of rotatable bonds is 0. The first-order chi connectivity index (χ1) is 9.18. The SMILES string of the molecule is Oc1ccc2c(c1)OC1(CNC1)c1cc(O)ccc1-2. The third-order valence-electron chi connectivity index (χ3n) is 3.88. The molecule has 3 N–H and O–H groups in total. The van der Waals surface area contributed by atoms with Crippen LogP contribution in [-0.2, 0) is 5.60 Å². The molecule has 1 fully saturated rings. The second kappa shape index (κ2) is 3.42. The van der Waals surface area contributed by atoms with E-state index in [1.54, 1.807) is 24.3 Å². The van der Waals surface area contributed by atoms with Crippen molar-refractivity contribution in [2.24, 2.45) is 0 Å². The lowest BCUT2D eigenvalue weighted by atomic mass is 9.80. The molecule has 1 saturated heterocycles. The van der Waals surface area contributed by atoms with Crippen molar-refractivity contribution >= 4 is 0 Å². The Balaban J connectivity index is 2.00. The van der Waals surface area contributed by atoms with Gasteiger partial charge in [-0.3, -0.25) is 0 Å². The summed E-state index contributed by atoms with van der Waals surface area (Å²) in [6.07, 6.45) is 0. The van der Waals surface area contributed by atoms with Crippen LogP contribution in [0.2, 0.25) is 0 Å². The summed E-state index contributed by atoms with van der Waals surface area (Å²) in [6, 6.07) is 10.5. The van der Waals surface area contributed by atoms with Crippen molar-refractivity contribution in [1.82, 2.24) is 5.32 Å². The van der Waals surface area contributed by atoms with Crippen LogP contribution < -0.4 is 10.1 Å². The molecule has 4 nitrogen and oxygen atoms in total. The van der Waals surface area contributed by atoms with Crippen LogP contribution >= 0.6 is 0 Å². The third-order valence-corrected chi connectivity index (χ3v) is 3.88. The molecule has 0 radical (unpaired) electrons. The van der Waals surface area contributed by atoms with Crippen molar-refractivity contribution in [3.63, 3.8) is 0 Å². The molecule has 2 aromatic carbocycles. The number of phenols is 2. The molecule has 0 aromatic heterocycles. The average Bonchev–Trinajstić information content (AvgIpc) is 2.35. The maximum atomic E-state index is 9.72. The van der Waals surface area contributed by atoms with Gasteiger partial charge < -0.3 is 20.3 Å². The van der Waals surface area contributed by atoms with Crippen LogP contribution in [0, 0.1) is 0 Å². The highest BCUT2D eigenvalue weighted by molar-refractivity contribution is 5.78. The Morgan fingerprint density at radius 1 is 0.947 bits per heavy atom. The molecule has 4 rings (SSSR count). The molecule has 1 spiro atoms. The van der Waals surface area contributed by atoms with Gasteiger partial charge in [-0.2, -0.15) is 0 Å². The molecule has 2 aliphatic heterocycles. The van der Waals surface area contributed by atoms with Crippen LogP contribution in [0.4, 0.5) is 0 Å². The van der Waals surface area contributed by atoms with E-state index in [-0.39, 0.29) is 11.5 Å². The molecule has 0 atom stereocenters. The van der Waals surface area contributed by atoms with Gasteiger partial charge in [-0.15, -0.1) is 0 Å². The van der Waals surface area contributed by atoms with Gasteiger partial charge in [-0.05, 0) is 29.8 Å². The fourth-order valence-corrected chi connectivity index (χ4v) is 2.84. The Kier molecular flexibility index (Phi) is 1.93. The maximum absolute atomic E-state index is 9.72. The smallest absolute Gasteiger partial charge is 0.159 e. The molecular weight excluding hydrogens is 242 g/mol. The summed E-state index contributed by atoms with van der Waals surface area (Å²) in [5, 5.41) is 22.5. The summed E-state index contributed by atoms with van der Waals surface area (Å²) < 4.78 is 6.08. The maximum Gasteiger partial charge on any atom is 0.159 e. The Bertz CT molecular complexity index is 677. The summed E-state index contributed by atoms with van der Waals surface area (Å²) in [5.41, 5.74) is 2.59. The van der Waals surface area contributed by atoms with Crippen LogP contribution in [0.1, 0.15) is 5.56 Å². The van der Waals surface area contributed by atoms with Gasteiger partial charge in [-0.1, -0.05) is 6.07 Å². The van der Waals surface area contributed by atoms with Crippen LogP contribution in [0.25, 0.3) is 11.1 Å². The van der Waals surface area contributed by atoms with Gasteiger partial charge in [-0.25, -0.2) is 0 Å². The Labute approximate surface area is 110 Å². The van der Waals surface area contributed by atoms with E-state index in [1.165, 1.54) is 0 Å². The number of aromatic hydroxyl groups is 2. The van der Waals surface area contributed by atoms with Crippen LogP contribution in [0.3, 0.4) is 0 Å². The van der Waals surface area contributed by atoms with Crippen molar-refractivity contribution in [2.75, 3.05) is 13.1 Å². The van der Waals surface area contributed by atoms with Gasteiger partial charge >= 0.3 is 0 Å². The normalized spacial score (nSPS) is 18.1. The molecule has 0 saturated carbocycles. The lowest BCUT2D eigenvalue weighted by molar-refractivity contribution is 0.00953. The van der Waals surface area contributed by atoms with Gasteiger partial charge in [0, 0.05) is 30.3 Å².